The summed E-state index contributed by atoms with van der Waals surface area (Å²) in [4.78, 5) is 10.4. The van der Waals surface area contributed by atoms with Crippen molar-refractivity contribution in [3.63, 3.8) is 0 Å². The van der Waals surface area contributed by atoms with Crippen LogP contribution in [-0.2, 0) is 0 Å². The van der Waals surface area contributed by atoms with Crippen molar-refractivity contribution in [2.75, 3.05) is 5.32 Å². The average molecular weight is 250 g/mol. The van der Waals surface area contributed by atoms with Crippen LogP contribution in [0.4, 0.5) is 11.4 Å². The molecule has 0 bridgehead atoms. The number of anilines is 1. The summed E-state index contributed by atoms with van der Waals surface area (Å²) >= 11 is 0. The van der Waals surface area contributed by atoms with Crippen LogP contribution in [-0.4, -0.2) is 22.2 Å². The molecule has 0 atom stereocenters. The van der Waals surface area contributed by atoms with E-state index in [-0.39, 0.29) is 16.7 Å². The first-order valence-corrected chi connectivity index (χ1v) is 6.26. The highest BCUT2D eigenvalue weighted by Gasteiger charge is 2.20. The van der Waals surface area contributed by atoms with E-state index in [2.05, 4.69) is 5.32 Å². The lowest BCUT2D eigenvalue weighted by Crippen LogP contribution is -2.28. The number of aliphatic hydroxyl groups excluding tert-OH is 1. The molecule has 1 fully saturated rings. The van der Waals surface area contributed by atoms with E-state index in [0.29, 0.717) is 6.04 Å². The minimum Gasteiger partial charge on any atom is -0.393 e. The van der Waals surface area contributed by atoms with Crippen molar-refractivity contribution in [1.82, 2.24) is 0 Å². The first-order valence-electron chi connectivity index (χ1n) is 6.26. The maximum absolute atomic E-state index is 10.7. The molecule has 0 aliphatic heterocycles. The predicted molar refractivity (Wildman–Crippen MR) is 69.7 cm³/mol. The highest BCUT2D eigenvalue weighted by molar-refractivity contribution is 5.57. The molecule has 1 aromatic carbocycles. The van der Waals surface area contributed by atoms with Crippen LogP contribution >= 0.6 is 0 Å². The summed E-state index contributed by atoms with van der Waals surface area (Å²) < 4.78 is 0. The molecule has 0 amide bonds. The first kappa shape index (κ1) is 12.8. The van der Waals surface area contributed by atoms with E-state index in [0.717, 1.165) is 36.9 Å². The summed E-state index contributed by atoms with van der Waals surface area (Å²) in [5.74, 6) is 0. The molecular formula is C13H18N2O3. The van der Waals surface area contributed by atoms with Crippen LogP contribution < -0.4 is 5.32 Å². The second kappa shape index (κ2) is 5.35. The van der Waals surface area contributed by atoms with Crippen molar-refractivity contribution in [1.29, 1.82) is 0 Å². The van der Waals surface area contributed by atoms with Crippen molar-refractivity contribution < 1.29 is 10.0 Å². The van der Waals surface area contributed by atoms with E-state index in [1.54, 1.807) is 12.1 Å². The van der Waals surface area contributed by atoms with E-state index < -0.39 is 0 Å². The van der Waals surface area contributed by atoms with E-state index in [4.69, 9.17) is 0 Å². The van der Waals surface area contributed by atoms with Gasteiger partial charge in [0.25, 0.3) is 5.69 Å². The summed E-state index contributed by atoms with van der Waals surface area (Å²) in [5.41, 5.74) is 1.94. The van der Waals surface area contributed by atoms with Crippen LogP contribution in [0.2, 0.25) is 0 Å². The molecule has 1 aliphatic rings. The fourth-order valence-electron chi connectivity index (χ4n) is 2.32. The highest BCUT2D eigenvalue weighted by Crippen LogP contribution is 2.26. The standard InChI is InChI=1S/C13H18N2O3/c1-9-2-5-11(15(17)18)8-13(9)14-10-3-6-12(16)7-4-10/h2,5,8,10,12,14,16H,3-4,6-7H2,1H3. The third kappa shape index (κ3) is 2.98. The number of rotatable bonds is 3. The smallest absolute Gasteiger partial charge is 0.271 e. The van der Waals surface area contributed by atoms with E-state index >= 15 is 0 Å². The molecule has 0 heterocycles. The van der Waals surface area contributed by atoms with Gasteiger partial charge in [0.2, 0.25) is 0 Å². The number of benzene rings is 1. The quantitative estimate of drug-likeness (QED) is 0.638. The molecule has 2 N–H and O–H groups in total. The van der Waals surface area contributed by atoms with Crippen molar-refractivity contribution in [3.05, 3.63) is 33.9 Å². The van der Waals surface area contributed by atoms with Gasteiger partial charge in [-0.1, -0.05) is 6.07 Å². The number of aryl methyl sites for hydroxylation is 1. The number of nitro benzene ring substituents is 1. The lowest BCUT2D eigenvalue weighted by molar-refractivity contribution is -0.384. The Morgan fingerprint density at radius 1 is 1.33 bits per heavy atom. The Balaban J connectivity index is 2.08. The molecule has 1 aromatic rings. The summed E-state index contributed by atoms with van der Waals surface area (Å²) in [6.07, 6.45) is 3.22. The fourth-order valence-corrected chi connectivity index (χ4v) is 2.32. The van der Waals surface area contributed by atoms with Crippen molar-refractivity contribution in [2.24, 2.45) is 0 Å². The zero-order valence-corrected chi connectivity index (χ0v) is 10.4. The first-order chi connectivity index (χ1) is 8.56. The van der Waals surface area contributed by atoms with Gasteiger partial charge in [-0.25, -0.2) is 0 Å². The SMILES string of the molecule is Cc1ccc([N+](=O)[O-])cc1NC1CCC(O)CC1. The van der Waals surface area contributed by atoms with Gasteiger partial charge in [0, 0.05) is 23.9 Å². The van der Waals surface area contributed by atoms with E-state index in [1.165, 1.54) is 6.07 Å². The van der Waals surface area contributed by atoms with Crippen LogP contribution in [0.1, 0.15) is 31.2 Å². The Hall–Kier alpha value is -1.62. The Kier molecular flexibility index (Phi) is 3.81. The summed E-state index contributed by atoms with van der Waals surface area (Å²) in [6.45, 7) is 1.93. The molecule has 0 aromatic heterocycles. The number of hydrogen-bond donors (Lipinski definition) is 2. The molecule has 0 unspecified atom stereocenters. The van der Waals surface area contributed by atoms with Gasteiger partial charge in [-0.05, 0) is 38.2 Å². The van der Waals surface area contributed by atoms with Crippen LogP contribution in [0.15, 0.2) is 18.2 Å². The molecule has 0 spiro atoms. The van der Waals surface area contributed by atoms with Gasteiger partial charge in [0.1, 0.15) is 0 Å². The topological polar surface area (TPSA) is 75.4 Å². The number of nitrogens with zero attached hydrogens (tertiary/aromatic N) is 1. The number of nitro groups is 1. The second-order valence-corrected chi connectivity index (χ2v) is 4.91. The van der Waals surface area contributed by atoms with Gasteiger partial charge in [-0.3, -0.25) is 10.1 Å². The Morgan fingerprint density at radius 3 is 2.61 bits per heavy atom. The lowest BCUT2D eigenvalue weighted by atomic mass is 9.93. The average Bonchev–Trinajstić information content (AvgIpc) is 2.34. The third-order valence-corrected chi connectivity index (χ3v) is 3.49. The van der Waals surface area contributed by atoms with Crippen molar-refractivity contribution in [2.45, 2.75) is 44.8 Å². The molecule has 0 saturated heterocycles. The van der Waals surface area contributed by atoms with Crippen molar-refractivity contribution >= 4 is 11.4 Å². The van der Waals surface area contributed by atoms with Gasteiger partial charge in [-0.2, -0.15) is 0 Å². The Labute approximate surface area is 106 Å². The largest absolute Gasteiger partial charge is 0.393 e. The van der Waals surface area contributed by atoms with E-state index in [9.17, 15) is 15.2 Å². The number of non-ortho nitro benzene ring substituents is 1. The molecule has 1 saturated carbocycles. The van der Waals surface area contributed by atoms with Crippen LogP contribution in [0.5, 0.6) is 0 Å². The fraction of sp³-hybridized carbons (Fsp3) is 0.538. The molecule has 0 radical (unpaired) electrons. The normalized spacial score (nSPS) is 23.7. The third-order valence-electron chi connectivity index (χ3n) is 3.49. The van der Waals surface area contributed by atoms with Crippen LogP contribution in [0.25, 0.3) is 0 Å². The lowest BCUT2D eigenvalue weighted by Gasteiger charge is -2.27. The maximum Gasteiger partial charge on any atom is 0.271 e. The zero-order valence-electron chi connectivity index (χ0n) is 10.4. The monoisotopic (exact) mass is 250 g/mol. The molecule has 18 heavy (non-hydrogen) atoms. The van der Waals surface area contributed by atoms with Gasteiger partial charge in [-0.15, -0.1) is 0 Å². The molecule has 98 valence electrons. The Morgan fingerprint density at radius 2 is 2.00 bits per heavy atom. The summed E-state index contributed by atoms with van der Waals surface area (Å²) in [5, 5.41) is 23.5. The zero-order chi connectivity index (χ0) is 13.1. The minimum absolute atomic E-state index is 0.110. The van der Waals surface area contributed by atoms with Gasteiger partial charge < -0.3 is 10.4 Å². The second-order valence-electron chi connectivity index (χ2n) is 4.91. The Bertz CT molecular complexity index is 440. The summed E-state index contributed by atoms with van der Waals surface area (Å²) in [7, 11) is 0. The number of nitrogens with one attached hydrogen (secondary N) is 1. The van der Waals surface area contributed by atoms with Gasteiger partial charge in [0.15, 0.2) is 0 Å². The number of hydrogen-bond acceptors (Lipinski definition) is 4. The summed E-state index contributed by atoms with van der Waals surface area (Å²) in [6, 6.07) is 5.16. The number of aliphatic hydroxyl groups is 1. The maximum atomic E-state index is 10.7. The minimum atomic E-state index is -0.380. The molecular weight excluding hydrogens is 232 g/mol. The molecule has 1 aliphatic carbocycles. The molecule has 5 nitrogen and oxygen atoms in total. The van der Waals surface area contributed by atoms with E-state index in [1.807, 2.05) is 6.92 Å². The molecule has 5 heteroatoms. The van der Waals surface area contributed by atoms with Crippen LogP contribution in [0, 0.1) is 17.0 Å². The van der Waals surface area contributed by atoms with Gasteiger partial charge in [0.05, 0.1) is 11.0 Å². The highest BCUT2D eigenvalue weighted by atomic mass is 16.6. The predicted octanol–water partition coefficient (Wildman–Crippen LogP) is 2.62. The van der Waals surface area contributed by atoms with Crippen LogP contribution in [0.3, 0.4) is 0 Å². The van der Waals surface area contributed by atoms with Gasteiger partial charge >= 0.3 is 0 Å². The molecule has 2 rings (SSSR count). The van der Waals surface area contributed by atoms with Crippen molar-refractivity contribution in [3.8, 4) is 0 Å².